The number of aromatic amines is 1. The van der Waals surface area contributed by atoms with Crippen LogP contribution in [0.2, 0.25) is 0 Å². The maximum Gasteiger partial charge on any atom is 0.423 e. The quantitative estimate of drug-likeness (QED) is 0.0496. The molecular weight excluding hydrogens is 833 g/mol. The van der Waals surface area contributed by atoms with Crippen molar-refractivity contribution in [1.82, 2.24) is 20.0 Å². The van der Waals surface area contributed by atoms with E-state index in [-0.39, 0.29) is 48.5 Å². The molecule has 13 nitrogen and oxygen atoms in total. The second kappa shape index (κ2) is 19.1. The van der Waals surface area contributed by atoms with E-state index in [0.29, 0.717) is 83.6 Å². The van der Waals surface area contributed by atoms with Crippen LogP contribution in [0.4, 0.5) is 23.2 Å². The molecule has 0 spiro atoms. The normalized spacial score (nSPS) is 15.4. The van der Waals surface area contributed by atoms with Crippen LogP contribution in [0.15, 0.2) is 94.7 Å². The van der Waals surface area contributed by atoms with Crippen LogP contribution in [0, 0.1) is 15.9 Å². The Kier molecular flexibility index (Phi) is 13.4. The van der Waals surface area contributed by atoms with Gasteiger partial charge in [0.15, 0.2) is 5.78 Å². The minimum Gasteiger partial charge on any atom is -0.494 e. The number of nitrogens with zero attached hydrogens (tertiary/aromatic N) is 5. The van der Waals surface area contributed by atoms with Crippen molar-refractivity contribution in [3.05, 3.63) is 145 Å². The zero-order chi connectivity index (χ0) is 44.0. The number of nitro benzene ring substituents is 1. The van der Waals surface area contributed by atoms with Gasteiger partial charge in [-0.25, -0.2) is 9.49 Å². The lowest BCUT2D eigenvalue weighted by Gasteiger charge is -2.35. The topological polar surface area (TPSA) is 168 Å². The number of aliphatic imine (C=N–C) groups is 1. The third-order valence-electron chi connectivity index (χ3n) is 10.7. The minimum absolute atomic E-state index is 0.0130. The van der Waals surface area contributed by atoms with Gasteiger partial charge in [0.1, 0.15) is 23.2 Å². The fourth-order valence-electron chi connectivity index (χ4n) is 7.37. The molecule has 5 aromatic rings. The molecule has 1 unspecified atom stereocenters. The molecule has 0 radical (unpaired) electrons. The predicted molar refractivity (Wildman–Crippen MR) is 224 cm³/mol. The first-order valence-electron chi connectivity index (χ1n) is 19.9. The van der Waals surface area contributed by atoms with Gasteiger partial charge < -0.3 is 14.5 Å². The van der Waals surface area contributed by atoms with Crippen molar-refractivity contribution < 1.29 is 41.6 Å². The van der Waals surface area contributed by atoms with Gasteiger partial charge in [-0.1, -0.05) is 30.3 Å². The number of alkyl halides is 3. The highest BCUT2D eigenvalue weighted by Crippen LogP contribution is 2.37. The molecule has 1 aromatic heterocycles. The van der Waals surface area contributed by atoms with E-state index in [4.69, 9.17) is 4.74 Å². The summed E-state index contributed by atoms with van der Waals surface area (Å²) in [5.41, 5.74) is -0.798. The number of hydrogen-bond acceptors (Lipinski definition) is 10. The van der Waals surface area contributed by atoms with Crippen LogP contribution in [0.25, 0.3) is 10.8 Å². The molecular formula is C44H40F4N6O7S. The minimum atomic E-state index is -4.94. The lowest BCUT2D eigenvalue weighted by atomic mass is 10.0. The van der Waals surface area contributed by atoms with Gasteiger partial charge in [0.25, 0.3) is 17.2 Å². The lowest BCUT2D eigenvalue weighted by molar-refractivity contribution is -0.388. The largest absolute Gasteiger partial charge is 0.494 e. The highest BCUT2D eigenvalue weighted by atomic mass is 32.2. The second-order valence-electron chi connectivity index (χ2n) is 14.9. The van der Waals surface area contributed by atoms with Crippen molar-refractivity contribution in [2.24, 2.45) is 4.99 Å². The number of aromatic nitrogens is 2. The van der Waals surface area contributed by atoms with E-state index >= 15 is 0 Å². The Morgan fingerprint density at radius 3 is 2.32 bits per heavy atom. The number of nitrogens with one attached hydrogen (secondary N) is 1. The molecule has 3 heterocycles. The summed E-state index contributed by atoms with van der Waals surface area (Å²) in [4.78, 5) is 69.1. The molecule has 62 heavy (non-hydrogen) atoms. The number of fused-ring (bicyclic) bond motifs is 1. The average Bonchev–Trinajstić information content (AvgIpc) is 3.77. The highest BCUT2D eigenvalue weighted by molar-refractivity contribution is 8.14. The Morgan fingerprint density at radius 1 is 0.887 bits per heavy atom. The Labute approximate surface area is 356 Å². The number of hydrogen-bond donors (Lipinski definition) is 1. The Balaban J connectivity index is 0.808. The maximum atomic E-state index is 14.9. The molecule has 322 valence electrons. The molecule has 1 saturated heterocycles. The van der Waals surface area contributed by atoms with Crippen molar-refractivity contribution in [2.75, 3.05) is 38.5 Å². The van der Waals surface area contributed by atoms with Gasteiger partial charge in [-0.2, -0.15) is 18.3 Å². The van der Waals surface area contributed by atoms with Gasteiger partial charge in [0.05, 0.1) is 33.2 Å². The summed E-state index contributed by atoms with van der Waals surface area (Å²) >= 11 is 1.35. The second-order valence-corrected chi connectivity index (χ2v) is 15.9. The van der Waals surface area contributed by atoms with Crippen LogP contribution in [0.5, 0.6) is 5.75 Å². The van der Waals surface area contributed by atoms with Crippen molar-refractivity contribution in [1.29, 1.82) is 0 Å². The molecule has 18 heteroatoms. The van der Waals surface area contributed by atoms with Crippen molar-refractivity contribution in [3.63, 3.8) is 0 Å². The molecule has 0 bridgehead atoms. The zero-order valence-corrected chi connectivity index (χ0v) is 34.0. The molecule has 2 aliphatic heterocycles. The van der Waals surface area contributed by atoms with Crippen LogP contribution < -0.4 is 10.3 Å². The van der Waals surface area contributed by atoms with Gasteiger partial charge in [0.2, 0.25) is 5.91 Å². The summed E-state index contributed by atoms with van der Waals surface area (Å²) in [5.74, 6) is -0.556. The summed E-state index contributed by atoms with van der Waals surface area (Å²) in [7, 11) is 0. The number of halogens is 4. The van der Waals surface area contributed by atoms with Gasteiger partial charge in [-0.05, 0) is 78.9 Å². The van der Waals surface area contributed by atoms with Gasteiger partial charge in [0, 0.05) is 68.2 Å². The van der Waals surface area contributed by atoms with E-state index in [2.05, 4.69) is 15.2 Å². The number of amides is 2. The van der Waals surface area contributed by atoms with E-state index in [1.165, 1.54) is 23.9 Å². The third kappa shape index (κ3) is 10.4. The number of nitro groups is 1. The fraction of sp³-hybridized carbons (Fsp3) is 0.318. The smallest absolute Gasteiger partial charge is 0.423 e. The molecule has 4 aromatic carbocycles. The fourth-order valence-corrected chi connectivity index (χ4v) is 8.45. The first-order chi connectivity index (χ1) is 29.7. The SMILES string of the molecule is O=C(Cc1ccc([N+](=O)[O-])c(C(F)(F)F)c1)C1CSC(c2ccc(OCCCCCC(=O)N3CCN(C(=O)c4cc(Cc5n[nH]c(=O)c6ccccc56)ccc4F)CC3)cc2)=N1. The van der Waals surface area contributed by atoms with E-state index < -0.39 is 45.9 Å². The number of ketones is 1. The first kappa shape index (κ1) is 43.7. The van der Waals surface area contributed by atoms with Crippen molar-refractivity contribution in [2.45, 2.75) is 50.7 Å². The van der Waals surface area contributed by atoms with Crippen LogP contribution in [-0.2, 0) is 28.6 Å². The zero-order valence-electron chi connectivity index (χ0n) is 33.2. The number of rotatable bonds is 15. The lowest BCUT2D eigenvalue weighted by Crippen LogP contribution is -2.50. The molecule has 7 rings (SSSR count). The Bertz CT molecular complexity index is 2590. The molecule has 0 saturated carbocycles. The molecule has 2 amide bonds. The third-order valence-corrected chi connectivity index (χ3v) is 11.8. The number of H-pyrrole nitrogens is 1. The predicted octanol–water partition coefficient (Wildman–Crippen LogP) is 7.18. The first-order valence-corrected chi connectivity index (χ1v) is 20.9. The van der Waals surface area contributed by atoms with Gasteiger partial charge in [-0.15, -0.1) is 11.8 Å². The van der Waals surface area contributed by atoms with E-state index in [0.717, 1.165) is 24.1 Å². The summed E-state index contributed by atoms with van der Waals surface area (Å²) in [5, 5.41) is 19.5. The molecule has 2 aliphatic rings. The number of carbonyl (C=O) groups is 3. The molecule has 1 N–H and O–H groups in total. The Hall–Kier alpha value is -6.43. The van der Waals surface area contributed by atoms with Crippen molar-refractivity contribution >= 4 is 50.9 Å². The number of piperazine rings is 1. The van der Waals surface area contributed by atoms with Crippen molar-refractivity contribution in [3.8, 4) is 5.75 Å². The van der Waals surface area contributed by atoms with Crippen LogP contribution in [0.3, 0.4) is 0 Å². The standard InChI is InChI=1S/C44H40F4N6O7S/c45-35-15-9-27(24-36-31-6-3-4-7-32(31)41(57)51-50-36)22-33(35)43(58)53-19-17-52(18-20-53)40(56)8-2-1-5-21-61-30-13-11-29(12-14-30)42-49-37(26-62-42)39(55)25-28-10-16-38(54(59)60)34(23-28)44(46,47)48/h3-4,6-7,9-16,22-23,37H,1-2,5,8,17-21,24-26H2,(H,51,57). The molecule has 1 atom stereocenters. The summed E-state index contributed by atoms with van der Waals surface area (Å²) in [6.07, 6.45) is -2.54. The number of ether oxygens (including phenoxy) is 1. The van der Waals surface area contributed by atoms with E-state index in [9.17, 15) is 46.9 Å². The number of carbonyl (C=O) groups excluding carboxylic acids is 3. The van der Waals surface area contributed by atoms with Crippen LogP contribution in [-0.4, -0.2) is 92.1 Å². The summed E-state index contributed by atoms with van der Waals surface area (Å²) in [6, 6.07) is 20.4. The summed E-state index contributed by atoms with van der Waals surface area (Å²) in [6.45, 7) is 1.66. The van der Waals surface area contributed by atoms with E-state index in [1.54, 1.807) is 64.4 Å². The molecule has 0 aliphatic carbocycles. The van der Waals surface area contributed by atoms with Crippen LogP contribution >= 0.6 is 11.8 Å². The Morgan fingerprint density at radius 2 is 1.60 bits per heavy atom. The van der Waals surface area contributed by atoms with Gasteiger partial charge in [-0.3, -0.25) is 34.3 Å². The number of Topliss-reactive ketones (excluding diaryl/α,β-unsaturated/α-hetero) is 1. The monoisotopic (exact) mass is 872 g/mol. The van der Waals surface area contributed by atoms with E-state index in [1.807, 2.05) is 0 Å². The summed E-state index contributed by atoms with van der Waals surface area (Å²) < 4.78 is 60.9. The number of benzene rings is 4. The number of thioether (sulfide) groups is 1. The maximum absolute atomic E-state index is 14.9. The molecule has 1 fully saturated rings. The highest BCUT2D eigenvalue weighted by Gasteiger charge is 2.39. The van der Waals surface area contributed by atoms with Crippen LogP contribution in [0.1, 0.15) is 64.0 Å². The average molecular weight is 873 g/mol. The van der Waals surface area contributed by atoms with Gasteiger partial charge >= 0.3 is 6.18 Å². The number of unbranched alkanes of at least 4 members (excludes halogenated alkanes) is 2.